The highest BCUT2D eigenvalue weighted by Crippen LogP contribution is 2.17. The summed E-state index contributed by atoms with van der Waals surface area (Å²) in [5.74, 6) is 0.712. The third kappa shape index (κ3) is 1.37. The fourth-order valence-corrected chi connectivity index (χ4v) is 1.71. The molecule has 3 aromatic rings. The minimum atomic E-state index is 0.571. The van der Waals surface area contributed by atoms with Gasteiger partial charge in [-0.05, 0) is 6.07 Å². The summed E-state index contributed by atoms with van der Waals surface area (Å²) >= 11 is 0. The maximum atomic E-state index is 8.81. The molecule has 0 radical (unpaired) electrons. The molecule has 0 amide bonds. The maximum Gasteiger partial charge on any atom is 0.186 e. The summed E-state index contributed by atoms with van der Waals surface area (Å²) in [6.07, 6.45) is 5.23. The number of hydrogen-bond acceptors (Lipinski definition) is 4. The smallest absolute Gasteiger partial charge is 0.186 e. The van der Waals surface area contributed by atoms with Gasteiger partial charge in [0.2, 0.25) is 0 Å². The van der Waals surface area contributed by atoms with Gasteiger partial charge in [-0.3, -0.25) is 4.40 Å². The Labute approximate surface area is 96.8 Å². The second kappa shape index (κ2) is 3.42. The Morgan fingerprint density at radius 2 is 2.24 bits per heavy atom. The van der Waals surface area contributed by atoms with Crippen molar-refractivity contribution in [3.8, 4) is 17.6 Å². The average molecular weight is 224 g/mol. The number of pyridine rings is 1. The lowest BCUT2D eigenvalue weighted by Crippen LogP contribution is -1.95. The molecule has 0 aliphatic heterocycles. The first-order valence-corrected chi connectivity index (χ1v) is 5.01. The maximum absolute atomic E-state index is 8.81. The normalized spacial score (nSPS) is 10.6. The van der Waals surface area contributed by atoms with Crippen LogP contribution in [0.2, 0.25) is 0 Å². The molecule has 0 bridgehead atoms. The number of nitriles is 1. The fourth-order valence-electron chi connectivity index (χ4n) is 1.71. The van der Waals surface area contributed by atoms with Crippen molar-refractivity contribution in [2.45, 2.75) is 0 Å². The predicted octanol–water partition coefficient (Wildman–Crippen LogP) is 1.00. The number of hydrogen-bond donors (Lipinski definition) is 0. The Hall–Kier alpha value is -2.68. The van der Waals surface area contributed by atoms with Crippen LogP contribution in [0.4, 0.5) is 0 Å². The molecule has 6 heteroatoms. The summed E-state index contributed by atoms with van der Waals surface area (Å²) in [5.41, 5.74) is 2.10. The van der Waals surface area contributed by atoms with Gasteiger partial charge in [-0.15, -0.1) is 10.2 Å². The fraction of sp³-hybridized carbons (Fsp3) is 0.0909. The van der Waals surface area contributed by atoms with E-state index in [1.54, 1.807) is 30.9 Å². The van der Waals surface area contributed by atoms with Crippen LogP contribution in [-0.2, 0) is 7.05 Å². The highest BCUT2D eigenvalue weighted by molar-refractivity contribution is 5.56. The quantitative estimate of drug-likeness (QED) is 0.618. The van der Waals surface area contributed by atoms with Gasteiger partial charge in [0.15, 0.2) is 11.5 Å². The topological polar surface area (TPSA) is 71.8 Å². The molecular formula is C11H8N6. The molecule has 17 heavy (non-hydrogen) atoms. The lowest BCUT2D eigenvalue weighted by Gasteiger charge is -2.00. The number of nitrogens with zero attached hydrogens (tertiary/aromatic N) is 6. The minimum Gasteiger partial charge on any atom is -0.331 e. The van der Waals surface area contributed by atoms with E-state index in [2.05, 4.69) is 21.3 Å². The summed E-state index contributed by atoms with van der Waals surface area (Å²) in [4.78, 5) is 4.05. The van der Waals surface area contributed by atoms with E-state index in [-0.39, 0.29) is 0 Å². The van der Waals surface area contributed by atoms with Crippen LogP contribution in [0.5, 0.6) is 0 Å². The summed E-state index contributed by atoms with van der Waals surface area (Å²) in [7, 11) is 1.90. The number of fused-ring (bicyclic) bond motifs is 1. The summed E-state index contributed by atoms with van der Waals surface area (Å²) in [5, 5.41) is 17.0. The number of aromatic nitrogens is 5. The van der Waals surface area contributed by atoms with E-state index in [1.807, 2.05) is 16.0 Å². The molecule has 0 aliphatic carbocycles. The van der Waals surface area contributed by atoms with Gasteiger partial charge in [0, 0.05) is 19.3 Å². The number of rotatable bonds is 1. The average Bonchev–Trinajstić information content (AvgIpc) is 2.94. The van der Waals surface area contributed by atoms with Crippen molar-refractivity contribution in [1.82, 2.24) is 24.1 Å². The van der Waals surface area contributed by atoms with Crippen LogP contribution in [-0.4, -0.2) is 24.1 Å². The Kier molecular flexibility index (Phi) is 1.92. The Bertz CT molecular complexity index is 730. The van der Waals surface area contributed by atoms with E-state index in [1.165, 1.54) is 0 Å². The summed E-state index contributed by atoms with van der Waals surface area (Å²) < 4.78 is 3.70. The van der Waals surface area contributed by atoms with Crippen molar-refractivity contribution in [3.05, 3.63) is 36.4 Å². The van der Waals surface area contributed by atoms with Crippen molar-refractivity contribution >= 4 is 5.65 Å². The lowest BCUT2D eigenvalue weighted by molar-refractivity contribution is 0.904. The van der Waals surface area contributed by atoms with Crippen LogP contribution in [0.15, 0.2) is 30.9 Å². The van der Waals surface area contributed by atoms with Gasteiger partial charge in [-0.1, -0.05) is 0 Å². The second-order valence-corrected chi connectivity index (χ2v) is 3.67. The van der Waals surface area contributed by atoms with Gasteiger partial charge in [0.1, 0.15) is 5.69 Å². The van der Waals surface area contributed by atoms with Crippen molar-refractivity contribution in [2.24, 2.45) is 7.05 Å². The molecule has 0 aliphatic rings. The third-order valence-corrected chi connectivity index (χ3v) is 2.58. The van der Waals surface area contributed by atoms with Crippen LogP contribution in [0.3, 0.4) is 0 Å². The summed E-state index contributed by atoms with van der Waals surface area (Å²) in [6, 6.07) is 5.51. The Morgan fingerprint density at radius 1 is 1.35 bits per heavy atom. The van der Waals surface area contributed by atoms with E-state index >= 15 is 0 Å². The predicted molar refractivity (Wildman–Crippen MR) is 59.9 cm³/mol. The SMILES string of the molecule is Cn1cncc1-c1nnc2cc(C#N)ccn12. The first-order valence-electron chi connectivity index (χ1n) is 5.01. The van der Waals surface area contributed by atoms with Gasteiger partial charge >= 0.3 is 0 Å². The highest BCUT2D eigenvalue weighted by Gasteiger charge is 2.11. The first kappa shape index (κ1) is 9.54. The van der Waals surface area contributed by atoms with Crippen LogP contribution >= 0.6 is 0 Å². The van der Waals surface area contributed by atoms with Gasteiger partial charge in [-0.25, -0.2) is 4.98 Å². The first-order chi connectivity index (χ1) is 8.29. The van der Waals surface area contributed by atoms with Crippen molar-refractivity contribution in [1.29, 1.82) is 5.26 Å². The van der Waals surface area contributed by atoms with Crippen LogP contribution in [0, 0.1) is 11.3 Å². The third-order valence-electron chi connectivity index (χ3n) is 2.58. The van der Waals surface area contributed by atoms with Crippen molar-refractivity contribution < 1.29 is 0 Å². The molecule has 0 saturated carbocycles. The molecule has 3 heterocycles. The molecule has 0 spiro atoms. The van der Waals surface area contributed by atoms with Gasteiger partial charge in [0.05, 0.1) is 24.2 Å². The number of aryl methyl sites for hydroxylation is 1. The zero-order valence-electron chi connectivity index (χ0n) is 9.07. The minimum absolute atomic E-state index is 0.571. The second-order valence-electron chi connectivity index (χ2n) is 3.67. The van der Waals surface area contributed by atoms with Crippen molar-refractivity contribution in [2.75, 3.05) is 0 Å². The van der Waals surface area contributed by atoms with E-state index < -0.39 is 0 Å². The molecular weight excluding hydrogens is 216 g/mol. The lowest BCUT2D eigenvalue weighted by atomic mass is 10.3. The Balaban J connectivity index is 2.27. The monoisotopic (exact) mass is 224 g/mol. The molecule has 0 aromatic carbocycles. The largest absolute Gasteiger partial charge is 0.331 e. The van der Waals surface area contributed by atoms with Crippen molar-refractivity contribution in [3.63, 3.8) is 0 Å². The van der Waals surface area contributed by atoms with E-state index in [9.17, 15) is 0 Å². The van der Waals surface area contributed by atoms with Crippen LogP contribution in [0.25, 0.3) is 17.2 Å². The van der Waals surface area contributed by atoms with E-state index in [4.69, 9.17) is 5.26 Å². The molecule has 6 nitrogen and oxygen atoms in total. The molecule has 0 saturated heterocycles. The zero-order valence-corrected chi connectivity index (χ0v) is 9.07. The zero-order chi connectivity index (χ0) is 11.8. The molecule has 82 valence electrons. The standard InChI is InChI=1S/C11H8N6/c1-16-7-13-6-9(16)11-15-14-10-4-8(5-12)2-3-17(10)11/h2-4,6-7H,1H3. The van der Waals surface area contributed by atoms with Crippen LogP contribution in [0.1, 0.15) is 5.56 Å². The van der Waals surface area contributed by atoms with Crippen LogP contribution < -0.4 is 0 Å². The summed E-state index contributed by atoms with van der Waals surface area (Å²) in [6.45, 7) is 0. The van der Waals surface area contributed by atoms with Gasteiger partial charge in [0.25, 0.3) is 0 Å². The molecule has 0 fully saturated rings. The molecule has 0 atom stereocenters. The number of imidazole rings is 1. The van der Waals surface area contributed by atoms with Gasteiger partial charge < -0.3 is 4.57 Å². The molecule has 0 unspecified atom stereocenters. The molecule has 3 rings (SSSR count). The molecule has 3 aromatic heterocycles. The Morgan fingerprint density at radius 3 is 2.94 bits per heavy atom. The van der Waals surface area contributed by atoms with E-state index in [0.29, 0.717) is 17.0 Å². The highest BCUT2D eigenvalue weighted by atomic mass is 15.3. The van der Waals surface area contributed by atoms with Gasteiger partial charge in [-0.2, -0.15) is 5.26 Å². The molecule has 0 N–H and O–H groups in total. The van der Waals surface area contributed by atoms with E-state index in [0.717, 1.165) is 5.69 Å².